The number of benzene rings is 2. The summed E-state index contributed by atoms with van der Waals surface area (Å²) >= 11 is 0. The lowest BCUT2D eigenvalue weighted by Crippen LogP contribution is -2.13. The highest BCUT2D eigenvalue weighted by Gasteiger charge is 2.12. The number of para-hydroxylation sites is 1. The minimum atomic E-state index is -0.640. The van der Waals surface area contributed by atoms with Gasteiger partial charge in [0, 0.05) is 6.07 Å². The van der Waals surface area contributed by atoms with Gasteiger partial charge in [0.2, 0.25) is 0 Å². The van der Waals surface area contributed by atoms with E-state index in [-0.39, 0.29) is 17.0 Å². The van der Waals surface area contributed by atoms with E-state index in [1.165, 1.54) is 18.2 Å². The van der Waals surface area contributed by atoms with Crippen LogP contribution in [0.15, 0.2) is 36.4 Å². The number of carbonyl (C=O) groups is 1. The third kappa shape index (κ3) is 2.65. The maximum atomic E-state index is 13.2. The topological polar surface area (TPSA) is 78.3 Å². The number of amides is 1. The van der Waals surface area contributed by atoms with Gasteiger partial charge in [-0.15, -0.1) is 0 Å². The molecule has 0 bridgehead atoms. The van der Waals surface area contributed by atoms with Crippen molar-refractivity contribution >= 4 is 11.6 Å². The van der Waals surface area contributed by atoms with Crippen molar-refractivity contribution in [2.45, 2.75) is 6.92 Å². The zero-order valence-electron chi connectivity index (χ0n) is 10.3. The van der Waals surface area contributed by atoms with E-state index >= 15 is 0 Å². The molecule has 0 radical (unpaired) electrons. The van der Waals surface area contributed by atoms with Gasteiger partial charge in [0.1, 0.15) is 11.6 Å². The molecule has 0 saturated carbocycles. The lowest BCUT2D eigenvalue weighted by molar-refractivity contribution is 0.100. The predicted molar refractivity (Wildman–Crippen MR) is 70.6 cm³/mol. The van der Waals surface area contributed by atoms with Crippen LogP contribution >= 0.6 is 0 Å². The Labute approximate surface area is 109 Å². The van der Waals surface area contributed by atoms with Crippen LogP contribution in [0.5, 0.6) is 11.5 Å². The van der Waals surface area contributed by atoms with Gasteiger partial charge in [0.05, 0.1) is 11.3 Å². The van der Waals surface area contributed by atoms with Crippen molar-refractivity contribution in [1.29, 1.82) is 0 Å². The molecule has 19 heavy (non-hydrogen) atoms. The van der Waals surface area contributed by atoms with Gasteiger partial charge in [0.25, 0.3) is 5.91 Å². The largest absolute Gasteiger partial charge is 0.455 e. The number of hydrogen-bond acceptors (Lipinski definition) is 3. The number of primary amides is 1. The van der Waals surface area contributed by atoms with Crippen LogP contribution in [0.4, 0.5) is 10.1 Å². The van der Waals surface area contributed by atoms with Crippen LogP contribution in [0.2, 0.25) is 0 Å². The number of ether oxygens (including phenoxy) is 1. The second kappa shape index (κ2) is 4.97. The maximum Gasteiger partial charge on any atom is 0.250 e. The SMILES string of the molecule is Cc1ccc(F)cc1Oc1cccc(C(N)=O)c1N. The van der Waals surface area contributed by atoms with Gasteiger partial charge >= 0.3 is 0 Å². The average molecular weight is 260 g/mol. The van der Waals surface area contributed by atoms with Crippen LogP contribution in [0, 0.1) is 12.7 Å². The standard InChI is InChI=1S/C14H13FN2O2/c1-8-5-6-9(15)7-12(8)19-11-4-2-3-10(13(11)16)14(17)18/h2-7H,16H2,1H3,(H2,17,18). The van der Waals surface area contributed by atoms with Crippen LogP contribution in [-0.4, -0.2) is 5.91 Å². The molecule has 2 aromatic rings. The Kier molecular flexibility index (Phi) is 3.37. The van der Waals surface area contributed by atoms with Gasteiger partial charge in [-0.1, -0.05) is 12.1 Å². The third-order valence-electron chi connectivity index (χ3n) is 2.70. The quantitative estimate of drug-likeness (QED) is 0.832. The number of hydrogen-bond donors (Lipinski definition) is 2. The molecule has 0 atom stereocenters. The van der Waals surface area contributed by atoms with E-state index in [9.17, 15) is 9.18 Å². The Morgan fingerprint density at radius 2 is 1.95 bits per heavy atom. The van der Waals surface area contributed by atoms with E-state index in [1.807, 2.05) is 0 Å². The molecule has 98 valence electrons. The number of aryl methyl sites for hydroxylation is 1. The number of nitrogens with two attached hydrogens (primary N) is 2. The highest BCUT2D eigenvalue weighted by Crippen LogP contribution is 2.31. The van der Waals surface area contributed by atoms with Crippen LogP contribution < -0.4 is 16.2 Å². The summed E-state index contributed by atoms with van der Waals surface area (Å²) in [5.74, 6) is -0.442. The summed E-state index contributed by atoms with van der Waals surface area (Å²) < 4.78 is 18.7. The molecular formula is C14H13FN2O2. The first-order valence-electron chi connectivity index (χ1n) is 5.61. The second-order valence-electron chi connectivity index (χ2n) is 4.09. The van der Waals surface area contributed by atoms with Crippen molar-refractivity contribution in [3.63, 3.8) is 0 Å². The van der Waals surface area contributed by atoms with Crippen molar-refractivity contribution < 1.29 is 13.9 Å². The first-order chi connectivity index (χ1) is 8.99. The molecule has 1 amide bonds. The maximum absolute atomic E-state index is 13.2. The van der Waals surface area contributed by atoms with Gasteiger partial charge < -0.3 is 16.2 Å². The molecule has 0 aliphatic rings. The Balaban J connectivity index is 2.41. The molecule has 0 aromatic heterocycles. The molecule has 4 nitrogen and oxygen atoms in total. The highest BCUT2D eigenvalue weighted by atomic mass is 19.1. The van der Waals surface area contributed by atoms with Crippen molar-refractivity contribution in [1.82, 2.24) is 0 Å². The molecule has 0 saturated heterocycles. The summed E-state index contributed by atoms with van der Waals surface area (Å²) in [6, 6.07) is 8.88. The Hall–Kier alpha value is -2.56. The molecule has 0 fully saturated rings. The monoisotopic (exact) mass is 260 g/mol. The molecule has 0 aliphatic carbocycles. The van der Waals surface area contributed by atoms with Gasteiger partial charge in [-0.05, 0) is 30.7 Å². The number of rotatable bonds is 3. The molecular weight excluding hydrogens is 247 g/mol. The fraction of sp³-hybridized carbons (Fsp3) is 0.0714. The lowest BCUT2D eigenvalue weighted by atomic mass is 10.1. The van der Waals surface area contributed by atoms with Crippen LogP contribution in [0.1, 0.15) is 15.9 Å². The van der Waals surface area contributed by atoms with Gasteiger partial charge in [0.15, 0.2) is 5.75 Å². The van der Waals surface area contributed by atoms with E-state index in [0.717, 1.165) is 5.56 Å². The normalized spacial score (nSPS) is 10.2. The molecule has 2 aromatic carbocycles. The average Bonchev–Trinajstić information content (AvgIpc) is 2.36. The summed E-state index contributed by atoms with van der Waals surface area (Å²) in [4.78, 5) is 11.2. The number of halogens is 1. The van der Waals surface area contributed by atoms with Crippen molar-refractivity contribution in [2.75, 3.05) is 5.73 Å². The lowest BCUT2D eigenvalue weighted by Gasteiger charge is -2.12. The summed E-state index contributed by atoms with van der Waals surface area (Å²) in [6.45, 7) is 1.78. The molecule has 0 spiro atoms. The van der Waals surface area contributed by atoms with Crippen LogP contribution in [0.3, 0.4) is 0 Å². The fourth-order valence-electron chi connectivity index (χ4n) is 1.65. The van der Waals surface area contributed by atoms with Gasteiger partial charge in [-0.2, -0.15) is 0 Å². The van der Waals surface area contributed by atoms with Crippen LogP contribution in [-0.2, 0) is 0 Å². The first-order valence-corrected chi connectivity index (χ1v) is 5.61. The Morgan fingerprint density at radius 3 is 2.63 bits per heavy atom. The molecule has 4 N–H and O–H groups in total. The third-order valence-corrected chi connectivity index (χ3v) is 2.70. The van der Waals surface area contributed by atoms with Crippen LogP contribution in [0.25, 0.3) is 0 Å². The first kappa shape index (κ1) is 12.9. The minimum absolute atomic E-state index is 0.138. The van der Waals surface area contributed by atoms with E-state index < -0.39 is 11.7 Å². The zero-order valence-corrected chi connectivity index (χ0v) is 10.3. The Bertz CT molecular complexity index is 641. The highest BCUT2D eigenvalue weighted by molar-refractivity contribution is 5.99. The minimum Gasteiger partial charge on any atom is -0.455 e. The smallest absolute Gasteiger partial charge is 0.250 e. The fourth-order valence-corrected chi connectivity index (χ4v) is 1.65. The number of carbonyl (C=O) groups excluding carboxylic acids is 1. The van der Waals surface area contributed by atoms with Crippen molar-refractivity contribution in [2.24, 2.45) is 5.73 Å². The van der Waals surface area contributed by atoms with E-state index in [1.54, 1.807) is 25.1 Å². The van der Waals surface area contributed by atoms with E-state index in [2.05, 4.69) is 0 Å². The molecule has 0 heterocycles. The van der Waals surface area contributed by atoms with Crippen molar-refractivity contribution in [3.05, 3.63) is 53.3 Å². The van der Waals surface area contributed by atoms with E-state index in [0.29, 0.717) is 5.75 Å². The summed E-state index contributed by atoms with van der Waals surface area (Å²) in [6.07, 6.45) is 0. The van der Waals surface area contributed by atoms with Gasteiger partial charge in [-0.25, -0.2) is 4.39 Å². The summed E-state index contributed by atoms with van der Waals surface area (Å²) in [5, 5.41) is 0. The number of nitrogen functional groups attached to an aromatic ring is 1. The molecule has 5 heteroatoms. The molecule has 0 aliphatic heterocycles. The zero-order chi connectivity index (χ0) is 14.0. The van der Waals surface area contributed by atoms with Crippen molar-refractivity contribution in [3.8, 4) is 11.5 Å². The van der Waals surface area contributed by atoms with Gasteiger partial charge in [-0.3, -0.25) is 4.79 Å². The number of anilines is 1. The summed E-state index contributed by atoms with van der Waals surface area (Å²) in [5.41, 5.74) is 12.1. The second-order valence-corrected chi connectivity index (χ2v) is 4.09. The molecule has 0 unspecified atom stereocenters. The van der Waals surface area contributed by atoms with E-state index in [4.69, 9.17) is 16.2 Å². The Morgan fingerprint density at radius 1 is 1.21 bits per heavy atom. The molecule has 2 rings (SSSR count). The predicted octanol–water partition coefficient (Wildman–Crippen LogP) is 2.61. The summed E-state index contributed by atoms with van der Waals surface area (Å²) in [7, 11) is 0.